The van der Waals surface area contributed by atoms with Gasteiger partial charge in [-0.1, -0.05) is 13.8 Å². The monoisotopic (exact) mass is 271 g/mol. The molecule has 0 fully saturated rings. The lowest BCUT2D eigenvalue weighted by Crippen LogP contribution is -2.07. The number of aryl methyl sites for hydroxylation is 1. The molecule has 2 rings (SSSR count). The van der Waals surface area contributed by atoms with E-state index in [2.05, 4.69) is 18.8 Å². The summed E-state index contributed by atoms with van der Waals surface area (Å²) in [7, 11) is 0. The van der Waals surface area contributed by atoms with Crippen LogP contribution in [0.25, 0.3) is 0 Å². The number of benzene rings is 1. The van der Waals surface area contributed by atoms with Crippen LogP contribution in [0, 0.1) is 5.92 Å². The van der Waals surface area contributed by atoms with Crippen molar-refractivity contribution in [2.24, 2.45) is 5.92 Å². The summed E-state index contributed by atoms with van der Waals surface area (Å²) in [6.45, 7) is 4.33. The van der Waals surface area contributed by atoms with Crippen LogP contribution in [-0.2, 0) is 6.42 Å². The van der Waals surface area contributed by atoms with E-state index < -0.39 is 0 Å². The Balaban J connectivity index is 1.99. The van der Waals surface area contributed by atoms with Crippen LogP contribution >= 0.6 is 0 Å². The number of rotatable bonds is 5. The highest BCUT2D eigenvalue weighted by molar-refractivity contribution is 5.38. The Morgan fingerprint density at radius 3 is 2.20 bits per heavy atom. The van der Waals surface area contributed by atoms with Gasteiger partial charge >= 0.3 is 0 Å². The smallest absolute Gasteiger partial charge is 0.119 e. The molecule has 3 nitrogen and oxygen atoms in total. The molecule has 1 aromatic heterocycles. The average Bonchev–Trinajstić information content (AvgIpc) is 2.44. The van der Waals surface area contributed by atoms with Crippen LogP contribution in [0.4, 0.5) is 0 Å². The van der Waals surface area contributed by atoms with E-state index in [9.17, 15) is 10.2 Å². The van der Waals surface area contributed by atoms with Crippen molar-refractivity contribution in [3.63, 3.8) is 0 Å². The molecule has 106 valence electrons. The van der Waals surface area contributed by atoms with E-state index in [4.69, 9.17) is 0 Å². The zero-order valence-corrected chi connectivity index (χ0v) is 12.0. The van der Waals surface area contributed by atoms with Crippen LogP contribution in [0.5, 0.6) is 11.5 Å². The highest BCUT2D eigenvalue weighted by Gasteiger charge is 2.15. The predicted molar refractivity (Wildman–Crippen MR) is 79.9 cm³/mol. The maximum atomic E-state index is 9.57. The minimum absolute atomic E-state index is 0.119. The van der Waals surface area contributed by atoms with Gasteiger partial charge in [0.2, 0.25) is 0 Å². The highest BCUT2D eigenvalue weighted by Crippen LogP contribution is 2.32. The van der Waals surface area contributed by atoms with E-state index in [0.29, 0.717) is 5.92 Å². The van der Waals surface area contributed by atoms with Crippen LogP contribution in [0.15, 0.2) is 42.7 Å². The van der Waals surface area contributed by atoms with Gasteiger partial charge in [0, 0.05) is 18.5 Å². The van der Waals surface area contributed by atoms with Crippen LogP contribution < -0.4 is 0 Å². The van der Waals surface area contributed by atoms with Crippen molar-refractivity contribution in [1.29, 1.82) is 0 Å². The Labute approximate surface area is 119 Å². The molecular weight excluding hydrogens is 250 g/mol. The third-order valence-corrected chi connectivity index (χ3v) is 3.94. The Hall–Kier alpha value is -2.03. The maximum Gasteiger partial charge on any atom is 0.119 e. The molecule has 1 heterocycles. The zero-order valence-electron chi connectivity index (χ0n) is 12.0. The molecule has 0 radical (unpaired) electrons. The van der Waals surface area contributed by atoms with Gasteiger partial charge in [-0.2, -0.15) is 0 Å². The Morgan fingerprint density at radius 2 is 1.60 bits per heavy atom. The van der Waals surface area contributed by atoms with Crippen molar-refractivity contribution in [3.05, 3.63) is 53.9 Å². The fourth-order valence-electron chi connectivity index (χ4n) is 2.40. The molecule has 0 saturated heterocycles. The molecule has 0 amide bonds. The SMILES string of the molecule is CC(CCc1ccncc1)C(C)c1cc(O)cc(O)c1. The van der Waals surface area contributed by atoms with Crippen molar-refractivity contribution in [2.75, 3.05) is 0 Å². The van der Waals surface area contributed by atoms with E-state index in [0.717, 1.165) is 18.4 Å². The molecule has 3 heteroatoms. The number of aromatic nitrogens is 1. The number of hydrogen-bond donors (Lipinski definition) is 2. The van der Waals surface area contributed by atoms with Crippen molar-refractivity contribution < 1.29 is 10.2 Å². The van der Waals surface area contributed by atoms with E-state index in [1.54, 1.807) is 12.1 Å². The number of phenols is 2. The molecule has 2 atom stereocenters. The molecule has 2 aromatic rings. The van der Waals surface area contributed by atoms with Crippen molar-refractivity contribution in [2.45, 2.75) is 32.6 Å². The summed E-state index contributed by atoms with van der Waals surface area (Å²) in [6.07, 6.45) is 5.70. The quantitative estimate of drug-likeness (QED) is 0.868. The van der Waals surface area contributed by atoms with Crippen molar-refractivity contribution >= 4 is 0 Å². The molecule has 0 saturated carbocycles. The van der Waals surface area contributed by atoms with Gasteiger partial charge in [0.05, 0.1) is 0 Å². The van der Waals surface area contributed by atoms with Gasteiger partial charge in [-0.05, 0) is 60.1 Å². The molecular formula is C17H21NO2. The van der Waals surface area contributed by atoms with Crippen LogP contribution in [-0.4, -0.2) is 15.2 Å². The summed E-state index contributed by atoms with van der Waals surface area (Å²) < 4.78 is 0. The summed E-state index contributed by atoms with van der Waals surface area (Å²) in [4.78, 5) is 4.02. The third kappa shape index (κ3) is 3.73. The largest absolute Gasteiger partial charge is 0.508 e. The lowest BCUT2D eigenvalue weighted by molar-refractivity contribution is 0.432. The minimum atomic E-state index is 0.119. The first-order valence-corrected chi connectivity index (χ1v) is 6.98. The van der Waals surface area contributed by atoms with Gasteiger partial charge in [0.15, 0.2) is 0 Å². The first-order valence-electron chi connectivity index (χ1n) is 6.98. The van der Waals surface area contributed by atoms with Gasteiger partial charge in [-0.25, -0.2) is 0 Å². The zero-order chi connectivity index (χ0) is 14.5. The van der Waals surface area contributed by atoms with E-state index >= 15 is 0 Å². The lowest BCUT2D eigenvalue weighted by Gasteiger charge is -2.20. The van der Waals surface area contributed by atoms with Crippen molar-refractivity contribution in [3.8, 4) is 11.5 Å². The summed E-state index contributed by atoms with van der Waals surface area (Å²) in [5, 5.41) is 19.1. The maximum absolute atomic E-state index is 9.57. The summed E-state index contributed by atoms with van der Waals surface area (Å²) in [5.41, 5.74) is 2.27. The van der Waals surface area contributed by atoms with E-state index in [1.807, 2.05) is 24.5 Å². The van der Waals surface area contributed by atoms with Gasteiger partial charge in [0.1, 0.15) is 11.5 Å². The standard InChI is InChI=1S/C17H21NO2/c1-12(3-4-14-5-7-18-8-6-14)13(2)15-9-16(19)11-17(20)10-15/h5-13,19-20H,3-4H2,1-2H3. The second-order valence-corrected chi connectivity index (χ2v) is 5.44. The van der Waals surface area contributed by atoms with E-state index in [1.165, 1.54) is 11.6 Å². The number of hydrogen-bond acceptors (Lipinski definition) is 3. The fourth-order valence-corrected chi connectivity index (χ4v) is 2.40. The lowest BCUT2D eigenvalue weighted by atomic mass is 9.85. The highest BCUT2D eigenvalue weighted by atomic mass is 16.3. The van der Waals surface area contributed by atoms with Gasteiger partial charge in [-0.15, -0.1) is 0 Å². The molecule has 1 aromatic carbocycles. The first kappa shape index (κ1) is 14.4. The van der Waals surface area contributed by atoms with Gasteiger partial charge in [0.25, 0.3) is 0 Å². The normalized spacial score (nSPS) is 13.9. The first-order chi connectivity index (χ1) is 9.56. The molecule has 0 aliphatic rings. The Bertz CT molecular complexity index is 534. The minimum Gasteiger partial charge on any atom is -0.508 e. The van der Waals surface area contributed by atoms with Gasteiger partial charge in [-0.3, -0.25) is 4.98 Å². The molecule has 2 N–H and O–H groups in total. The number of nitrogens with zero attached hydrogens (tertiary/aromatic N) is 1. The van der Waals surface area contributed by atoms with E-state index in [-0.39, 0.29) is 17.4 Å². The van der Waals surface area contributed by atoms with Crippen LogP contribution in [0.3, 0.4) is 0 Å². The molecule has 2 unspecified atom stereocenters. The van der Waals surface area contributed by atoms with Crippen molar-refractivity contribution in [1.82, 2.24) is 4.98 Å². The molecule has 20 heavy (non-hydrogen) atoms. The van der Waals surface area contributed by atoms with Gasteiger partial charge < -0.3 is 10.2 Å². The predicted octanol–water partition coefficient (Wildman–Crippen LogP) is 3.87. The third-order valence-electron chi connectivity index (χ3n) is 3.94. The molecule has 0 aliphatic carbocycles. The topological polar surface area (TPSA) is 53.4 Å². The fraction of sp³-hybridized carbons (Fsp3) is 0.353. The number of pyridine rings is 1. The summed E-state index contributed by atoms with van der Waals surface area (Å²) in [6, 6.07) is 8.90. The average molecular weight is 271 g/mol. The second-order valence-electron chi connectivity index (χ2n) is 5.44. The second kappa shape index (κ2) is 6.42. The van der Waals surface area contributed by atoms with Crippen LogP contribution in [0.2, 0.25) is 0 Å². The summed E-state index contributed by atoms with van der Waals surface area (Å²) >= 11 is 0. The molecule has 0 bridgehead atoms. The Kier molecular flexibility index (Phi) is 4.61. The Morgan fingerprint density at radius 1 is 1.00 bits per heavy atom. The number of aromatic hydroxyl groups is 2. The molecule has 0 spiro atoms. The number of phenolic OH excluding ortho intramolecular Hbond substituents is 2. The summed E-state index contributed by atoms with van der Waals surface area (Å²) in [5.74, 6) is 0.987. The van der Waals surface area contributed by atoms with Crippen LogP contribution in [0.1, 0.15) is 37.3 Å². The molecule has 0 aliphatic heterocycles.